The Hall–Kier alpha value is -1.81. The molecule has 140 valence electrons. The molecule has 27 heavy (non-hydrogen) atoms. The summed E-state index contributed by atoms with van der Waals surface area (Å²) in [6.07, 6.45) is 1.10. The van der Waals surface area contributed by atoms with E-state index in [2.05, 4.69) is 18.4 Å². The molecular formula is C22H21Cl2NOS. The van der Waals surface area contributed by atoms with Crippen LogP contribution in [0.5, 0.6) is 0 Å². The number of thiophene rings is 1. The van der Waals surface area contributed by atoms with E-state index in [-0.39, 0.29) is 5.91 Å². The van der Waals surface area contributed by atoms with Gasteiger partial charge in [0.2, 0.25) is 5.91 Å². The van der Waals surface area contributed by atoms with Gasteiger partial charge in [-0.3, -0.25) is 4.79 Å². The highest BCUT2D eigenvalue weighted by Gasteiger charge is 2.17. The van der Waals surface area contributed by atoms with E-state index in [1.54, 1.807) is 17.4 Å². The van der Waals surface area contributed by atoms with Crippen molar-refractivity contribution in [1.29, 1.82) is 0 Å². The number of hydrogen-bond donors (Lipinski definition) is 0. The Bertz CT molecular complexity index is 908. The summed E-state index contributed by atoms with van der Waals surface area (Å²) in [4.78, 5) is 16.1. The van der Waals surface area contributed by atoms with Crippen molar-refractivity contribution in [3.05, 3.63) is 91.6 Å². The van der Waals surface area contributed by atoms with Crippen LogP contribution in [0, 0.1) is 6.92 Å². The summed E-state index contributed by atoms with van der Waals surface area (Å²) in [5.41, 5.74) is 3.25. The van der Waals surface area contributed by atoms with Crippen LogP contribution in [-0.4, -0.2) is 17.4 Å². The number of rotatable bonds is 7. The highest BCUT2D eigenvalue weighted by molar-refractivity contribution is 7.10. The van der Waals surface area contributed by atoms with Crippen molar-refractivity contribution in [2.75, 3.05) is 6.54 Å². The molecule has 2 nitrogen and oxygen atoms in total. The van der Waals surface area contributed by atoms with Gasteiger partial charge in [-0.15, -0.1) is 11.3 Å². The molecule has 5 heteroatoms. The Labute approximate surface area is 174 Å². The maximum absolute atomic E-state index is 13.0. The van der Waals surface area contributed by atoms with Crippen LogP contribution in [-0.2, 0) is 24.2 Å². The number of halogens is 2. The standard InChI is InChI=1S/C22H21Cl2NOS/c1-16-10-12-27-21(16)15-25(22(26)13-17-5-3-2-4-6-17)11-9-18-7-8-19(23)14-20(18)24/h2-8,10,12,14H,9,11,13,15H2,1H3. The van der Waals surface area contributed by atoms with E-state index in [4.69, 9.17) is 23.2 Å². The van der Waals surface area contributed by atoms with Crippen LogP contribution < -0.4 is 0 Å². The van der Waals surface area contributed by atoms with Crippen molar-refractivity contribution in [3.63, 3.8) is 0 Å². The van der Waals surface area contributed by atoms with Gasteiger partial charge in [0.25, 0.3) is 0 Å². The van der Waals surface area contributed by atoms with E-state index in [9.17, 15) is 4.79 Å². The predicted molar refractivity (Wildman–Crippen MR) is 115 cm³/mol. The summed E-state index contributed by atoms with van der Waals surface area (Å²) in [5.74, 6) is 0.124. The third-order valence-electron chi connectivity index (χ3n) is 4.52. The number of hydrogen-bond acceptors (Lipinski definition) is 2. The van der Waals surface area contributed by atoms with E-state index in [0.717, 1.165) is 11.1 Å². The van der Waals surface area contributed by atoms with Gasteiger partial charge >= 0.3 is 0 Å². The maximum Gasteiger partial charge on any atom is 0.227 e. The fraction of sp³-hybridized carbons (Fsp3) is 0.227. The fourth-order valence-corrected chi connectivity index (χ4v) is 4.32. The molecule has 0 atom stereocenters. The molecule has 1 aromatic heterocycles. The Morgan fingerprint density at radius 1 is 1.07 bits per heavy atom. The lowest BCUT2D eigenvalue weighted by atomic mass is 10.1. The summed E-state index contributed by atoms with van der Waals surface area (Å²) in [7, 11) is 0. The first kappa shape index (κ1) is 19.9. The van der Waals surface area contributed by atoms with Gasteiger partial charge < -0.3 is 4.90 Å². The molecule has 0 aliphatic heterocycles. The summed E-state index contributed by atoms with van der Waals surface area (Å²) in [6.45, 7) is 3.33. The zero-order valence-corrected chi connectivity index (χ0v) is 17.4. The molecule has 0 bridgehead atoms. The molecule has 0 aliphatic carbocycles. The molecule has 2 aromatic carbocycles. The van der Waals surface area contributed by atoms with Crippen LogP contribution in [0.2, 0.25) is 10.0 Å². The lowest BCUT2D eigenvalue weighted by Crippen LogP contribution is -2.33. The zero-order valence-electron chi connectivity index (χ0n) is 15.1. The number of nitrogens with zero attached hydrogens (tertiary/aromatic N) is 1. The zero-order chi connectivity index (χ0) is 19.2. The SMILES string of the molecule is Cc1ccsc1CN(CCc1ccc(Cl)cc1Cl)C(=O)Cc1ccccc1. The van der Waals surface area contributed by atoms with Crippen molar-refractivity contribution in [1.82, 2.24) is 4.90 Å². The molecular weight excluding hydrogens is 397 g/mol. The molecule has 1 amide bonds. The first-order chi connectivity index (χ1) is 13.0. The van der Waals surface area contributed by atoms with Crippen LogP contribution in [0.4, 0.5) is 0 Å². The summed E-state index contributed by atoms with van der Waals surface area (Å²) < 4.78 is 0. The number of aryl methyl sites for hydroxylation is 1. The average Bonchev–Trinajstić information content (AvgIpc) is 3.05. The summed E-state index contributed by atoms with van der Waals surface area (Å²) >= 11 is 14.0. The predicted octanol–water partition coefficient (Wildman–Crippen LogP) is 6.18. The third-order valence-corrected chi connectivity index (χ3v) is 6.11. The van der Waals surface area contributed by atoms with Gasteiger partial charge in [0.15, 0.2) is 0 Å². The Kier molecular flexibility index (Phi) is 6.95. The van der Waals surface area contributed by atoms with E-state index < -0.39 is 0 Å². The topological polar surface area (TPSA) is 20.3 Å². The molecule has 0 fully saturated rings. The molecule has 3 rings (SSSR count). The quantitative estimate of drug-likeness (QED) is 0.449. The molecule has 0 aliphatic rings. The molecule has 0 N–H and O–H groups in total. The van der Waals surface area contributed by atoms with Crippen molar-refractivity contribution in [3.8, 4) is 0 Å². The summed E-state index contributed by atoms with van der Waals surface area (Å²) in [5, 5.41) is 3.33. The molecule has 0 unspecified atom stereocenters. The highest BCUT2D eigenvalue weighted by atomic mass is 35.5. The van der Waals surface area contributed by atoms with Gasteiger partial charge in [0.05, 0.1) is 13.0 Å². The number of carbonyl (C=O) groups excluding carboxylic acids is 1. The van der Waals surface area contributed by atoms with E-state index in [0.29, 0.717) is 36.0 Å². The maximum atomic E-state index is 13.0. The molecule has 1 heterocycles. The fourth-order valence-electron chi connectivity index (χ4n) is 2.89. The second-order valence-corrected chi connectivity index (χ2v) is 8.33. The van der Waals surface area contributed by atoms with Crippen molar-refractivity contribution >= 4 is 40.4 Å². The lowest BCUT2D eigenvalue weighted by Gasteiger charge is -2.23. The Balaban J connectivity index is 1.74. The smallest absolute Gasteiger partial charge is 0.227 e. The van der Waals surface area contributed by atoms with Crippen LogP contribution >= 0.6 is 34.5 Å². The van der Waals surface area contributed by atoms with Gasteiger partial charge in [0.1, 0.15) is 0 Å². The van der Waals surface area contributed by atoms with Gasteiger partial charge in [-0.2, -0.15) is 0 Å². The molecule has 0 spiro atoms. The molecule has 3 aromatic rings. The van der Waals surface area contributed by atoms with E-state index in [1.807, 2.05) is 47.4 Å². The third kappa shape index (κ3) is 5.58. The van der Waals surface area contributed by atoms with Gasteiger partial charge in [-0.05, 0) is 53.6 Å². The second-order valence-electron chi connectivity index (χ2n) is 6.49. The molecule has 0 radical (unpaired) electrons. The first-order valence-corrected chi connectivity index (χ1v) is 10.4. The Morgan fingerprint density at radius 3 is 2.52 bits per heavy atom. The Morgan fingerprint density at radius 2 is 1.85 bits per heavy atom. The van der Waals surface area contributed by atoms with Crippen molar-refractivity contribution in [2.45, 2.75) is 26.3 Å². The van der Waals surface area contributed by atoms with Crippen LogP contribution in [0.15, 0.2) is 60.0 Å². The van der Waals surface area contributed by atoms with Crippen LogP contribution in [0.1, 0.15) is 21.6 Å². The van der Waals surface area contributed by atoms with Crippen LogP contribution in [0.25, 0.3) is 0 Å². The van der Waals surface area contributed by atoms with Gasteiger partial charge in [0, 0.05) is 21.5 Å². The van der Waals surface area contributed by atoms with E-state index >= 15 is 0 Å². The number of carbonyl (C=O) groups is 1. The normalized spacial score (nSPS) is 10.8. The minimum Gasteiger partial charge on any atom is -0.337 e. The molecule has 0 saturated heterocycles. The van der Waals surface area contributed by atoms with Gasteiger partial charge in [-0.25, -0.2) is 0 Å². The van der Waals surface area contributed by atoms with Crippen LogP contribution in [0.3, 0.4) is 0 Å². The minimum atomic E-state index is 0.124. The first-order valence-electron chi connectivity index (χ1n) is 8.81. The van der Waals surface area contributed by atoms with Crippen molar-refractivity contribution in [2.24, 2.45) is 0 Å². The monoisotopic (exact) mass is 417 g/mol. The lowest BCUT2D eigenvalue weighted by molar-refractivity contribution is -0.131. The summed E-state index contributed by atoms with van der Waals surface area (Å²) in [6, 6.07) is 17.5. The minimum absolute atomic E-state index is 0.124. The number of benzene rings is 2. The molecule has 0 saturated carbocycles. The van der Waals surface area contributed by atoms with E-state index in [1.165, 1.54) is 10.4 Å². The highest BCUT2D eigenvalue weighted by Crippen LogP contribution is 2.23. The van der Waals surface area contributed by atoms with Gasteiger partial charge in [-0.1, -0.05) is 59.6 Å². The largest absolute Gasteiger partial charge is 0.337 e. The second kappa shape index (κ2) is 9.41. The van der Waals surface area contributed by atoms with Crippen molar-refractivity contribution < 1.29 is 4.79 Å². The average molecular weight is 418 g/mol. The number of amides is 1.